The van der Waals surface area contributed by atoms with Crippen molar-refractivity contribution in [3.05, 3.63) is 0 Å². The molecular formula is C9H18N2O3. The topological polar surface area (TPSA) is 59.6 Å². The van der Waals surface area contributed by atoms with Gasteiger partial charge in [-0.2, -0.15) is 0 Å². The number of amides is 2. The molecule has 0 radical (unpaired) electrons. The van der Waals surface area contributed by atoms with Gasteiger partial charge >= 0.3 is 6.03 Å². The second-order valence-electron chi connectivity index (χ2n) is 3.28. The van der Waals surface area contributed by atoms with Crippen LogP contribution >= 0.6 is 0 Å². The zero-order valence-corrected chi connectivity index (χ0v) is 8.54. The highest BCUT2D eigenvalue weighted by Gasteiger charge is 2.15. The van der Waals surface area contributed by atoms with Gasteiger partial charge in [0.25, 0.3) is 0 Å². The Balaban J connectivity index is 2.06. The van der Waals surface area contributed by atoms with Gasteiger partial charge in [-0.3, -0.25) is 0 Å². The van der Waals surface area contributed by atoms with Crippen molar-refractivity contribution >= 4 is 6.03 Å². The van der Waals surface area contributed by atoms with Crippen LogP contribution in [0.2, 0.25) is 0 Å². The minimum atomic E-state index is -0.117. The Bertz CT molecular complexity index is 169. The summed E-state index contributed by atoms with van der Waals surface area (Å²) >= 11 is 0. The fourth-order valence-electron chi connectivity index (χ4n) is 1.34. The Morgan fingerprint density at radius 2 is 2.21 bits per heavy atom. The van der Waals surface area contributed by atoms with E-state index in [0.717, 1.165) is 26.1 Å². The number of methoxy groups -OCH3 is 1. The lowest BCUT2D eigenvalue weighted by Gasteiger charge is -2.23. The molecule has 0 saturated carbocycles. The monoisotopic (exact) mass is 202 g/mol. The molecule has 1 rings (SSSR count). The van der Waals surface area contributed by atoms with E-state index in [1.54, 1.807) is 7.11 Å². The summed E-state index contributed by atoms with van der Waals surface area (Å²) in [6.07, 6.45) is 1.80. The molecule has 0 bridgehead atoms. The van der Waals surface area contributed by atoms with Gasteiger partial charge in [0.2, 0.25) is 0 Å². The van der Waals surface area contributed by atoms with Crippen LogP contribution in [0.5, 0.6) is 0 Å². The van der Waals surface area contributed by atoms with Crippen LogP contribution in [0.1, 0.15) is 12.8 Å². The van der Waals surface area contributed by atoms with Gasteiger partial charge < -0.3 is 20.1 Å². The van der Waals surface area contributed by atoms with Crippen LogP contribution < -0.4 is 10.6 Å². The zero-order chi connectivity index (χ0) is 10.2. The molecule has 2 N–H and O–H groups in total. The van der Waals surface area contributed by atoms with Crippen LogP contribution in [0.25, 0.3) is 0 Å². The van der Waals surface area contributed by atoms with Gasteiger partial charge in [-0.15, -0.1) is 0 Å². The number of rotatable bonds is 4. The summed E-state index contributed by atoms with van der Waals surface area (Å²) in [6, 6.07) is 0.139. The third-order valence-electron chi connectivity index (χ3n) is 2.15. The summed E-state index contributed by atoms with van der Waals surface area (Å²) < 4.78 is 10.0. The summed E-state index contributed by atoms with van der Waals surface area (Å²) in [6.45, 7) is 2.57. The number of ether oxygens (including phenoxy) is 2. The first-order valence-electron chi connectivity index (χ1n) is 4.94. The number of carbonyl (C=O) groups is 1. The maximum atomic E-state index is 11.3. The van der Waals surface area contributed by atoms with Gasteiger partial charge in [0, 0.05) is 32.9 Å². The SMILES string of the molecule is COCCNC(=O)NC1CCOCC1. The second kappa shape index (κ2) is 6.62. The number of carbonyl (C=O) groups excluding carboxylic acids is 1. The van der Waals surface area contributed by atoms with Gasteiger partial charge in [-0.1, -0.05) is 0 Å². The molecule has 0 aromatic heterocycles. The normalized spacial score (nSPS) is 17.8. The Morgan fingerprint density at radius 1 is 1.50 bits per heavy atom. The quantitative estimate of drug-likeness (QED) is 0.636. The summed E-state index contributed by atoms with van der Waals surface area (Å²) in [4.78, 5) is 11.3. The first kappa shape index (κ1) is 11.3. The van der Waals surface area contributed by atoms with E-state index in [9.17, 15) is 4.79 Å². The van der Waals surface area contributed by atoms with E-state index in [1.165, 1.54) is 0 Å². The molecule has 5 heteroatoms. The standard InChI is InChI=1S/C9H18N2O3/c1-13-7-4-10-9(12)11-8-2-5-14-6-3-8/h8H,2-7H2,1H3,(H2,10,11,12). The number of urea groups is 1. The van der Waals surface area contributed by atoms with E-state index < -0.39 is 0 Å². The van der Waals surface area contributed by atoms with E-state index in [2.05, 4.69) is 10.6 Å². The van der Waals surface area contributed by atoms with Crippen molar-refractivity contribution in [2.24, 2.45) is 0 Å². The molecule has 14 heavy (non-hydrogen) atoms. The predicted molar refractivity (Wildman–Crippen MR) is 52.3 cm³/mol. The van der Waals surface area contributed by atoms with Crippen LogP contribution in [0.15, 0.2) is 0 Å². The Kier molecular flexibility index (Phi) is 5.32. The van der Waals surface area contributed by atoms with Gasteiger partial charge in [-0.25, -0.2) is 4.79 Å². The summed E-state index contributed by atoms with van der Waals surface area (Å²) in [7, 11) is 1.61. The highest BCUT2D eigenvalue weighted by atomic mass is 16.5. The summed E-state index contributed by atoms with van der Waals surface area (Å²) in [5.41, 5.74) is 0. The number of nitrogens with one attached hydrogen (secondary N) is 2. The van der Waals surface area contributed by atoms with Crippen molar-refractivity contribution in [3.8, 4) is 0 Å². The zero-order valence-electron chi connectivity index (χ0n) is 8.54. The van der Waals surface area contributed by atoms with Crippen molar-refractivity contribution in [1.29, 1.82) is 0 Å². The van der Waals surface area contributed by atoms with Crippen molar-refractivity contribution in [2.75, 3.05) is 33.5 Å². The fraction of sp³-hybridized carbons (Fsp3) is 0.889. The van der Waals surface area contributed by atoms with E-state index in [0.29, 0.717) is 13.2 Å². The molecule has 2 amide bonds. The molecule has 0 atom stereocenters. The third kappa shape index (κ3) is 4.43. The molecule has 1 fully saturated rings. The lowest BCUT2D eigenvalue weighted by molar-refractivity contribution is 0.0800. The molecule has 1 heterocycles. The van der Waals surface area contributed by atoms with Crippen LogP contribution in [0.4, 0.5) is 4.79 Å². The highest BCUT2D eigenvalue weighted by molar-refractivity contribution is 5.74. The molecule has 0 spiro atoms. The van der Waals surface area contributed by atoms with Crippen LogP contribution in [-0.4, -0.2) is 45.5 Å². The van der Waals surface area contributed by atoms with E-state index in [4.69, 9.17) is 9.47 Å². The van der Waals surface area contributed by atoms with Crippen molar-refractivity contribution in [3.63, 3.8) is 0 Å². The molecule has 0 unspecified atom stereocenters. The number of hydrogen-bond donors (Lipinski definition) is 2. The smallest absolute Gasteiger partial charge is 0.315 e. The van der Waals surface area contributed by atoms with Gasteiger partial charge in [0.05, 0.1) is 6.61 Å². The minimum absolute atomic E-state index is 0.117. The third-order valence-corrected chi connectivity index (χ3v) is 2.15. The Morgan fingerprint density at radius 3 is 2.86 bits per heavy atom. The average molecular weight is 202 g/mol. The molecule has 0 aromatic carbocycles. The van der Waals surface area contributed by atoms with Gasteiger partial charge in [0.1, 0.15) is 0 Å². The number of hydrogen-bond acceptors (Lipinski definition) is 3. The lowest BCUT2D eigenvalue weighted by atomic mass is 10.1. The van der Waals surface area contributed by atoms with E-state index in [-0.39, 0.29) is 12.1 Å². The molecule has 1 aliphatic rings. The lowest BCUT2D eigenvalue weighted by Crippen LogP contribution is -2.45. The summed E-state index contributed by atoms with van der Waals surface area (Å²) in [5, 5.41) is 5.61. The predicted octanol–water partition coefficient (Wildman–Crippen LogP) is 0.111. The van der Waals surface area contributed by atoms with Crippen LogP contribution in [0, 0.1) is 0 Å². The molecule has 1 aliphatic heterocycles. The minimum Gasteiger partial charge on any atom is -0.383 e. The highest BCUT2D eigenvalue weighted by Crippen LogP contribution is 2.05. The molecule has 0 aromatic rings. The maximum absolute atomic E-state index is 11.3. The molecule has 5 nitrogen and oxygen atoms in total. The summed E-state index contributed by atoms with van der Waals surface area (Å²) in [5.74, 6) is 0. The molecule has 82 valence electrons. The molecule has 0 aliphatic carbocycles. The Hall–Kier alpha value is -0.810. The van der Waals surface area contributed by atoms with Gasteiger partial charge in [0.15, 0.2) is 0 Å². The first-order valence-corrected chi connectivity index (χ1v) is 4.94. The molecule has 1 saturated heterocycles. The fourth-order valence-corrected chi connectivity index (χ4v) is 1.34. The first-order chi connectivity index (χ1) is 6.83. The van der Waals surface area contributed by atoms with Crippen molar-refractivity contribution in [2.45, 2.75) is 18.9 Å². The maximum Gasteiger partial charge on any atom is 0.315 e. The van der Waals surface area contributed by atoms with Crippen LogP contribution in [-0.2, 0) is 9.47 Å². The second-order valence-corrected chi connectivity index (χ2v) is 3.28. The molecular weight excluding hydrogens is 184 g/mol. The van der Waals surface area contributed by atoms with E-state index >= 15 is 0 Å². The largest absolute Gasteiger partial charge is 0.383 e. The van der Waals surface area contributed by atoms with Gasteiger partial charge in [-0.05, 0) is 12.8 Å². The average Bonchev–Trinajstić information content (AvgIpc) is 2.20. The van der Waals surface area contributed by atoms with Crippen LogP contribution in [0.3, 0.4) is 0 Å². The Labute approximate surface area is 84.1 Å². The van der Waals surface area contributed by atoms with E-state index in [1.807, 2.05) is 0 Å². The van der Waals surface area contributed by atoms with Crippen molar-refractivity contribution in [1.82, 2.24) is 10.6 Å². The van der Waals surface area contributed by atoms with Crippen molar-refractivity contribution < 1.29 is 14.3 Å².